The van der Waals surface area contributed by atoms with Gasteiger partial charge in [0.15, 0.2) is 0 Å². The molecule has 0 aliphatic carbocycles. The number of aliphatic carboxylic acids is 1. The summed E-state index contributed by atoms with van der Waals surface area (Å²) in [6, 6.07) is 15.0. The predicted octanol–water partition coefficient (Wildman–Crippen LogP) is 0.132. The van der Waals surface area contributed by atoms with Gasteiger partial charge in [-0.15, -0.1) is 0 Å². The van der Waals surface area contributed by atoms with Gasteiger partial charge in [-0.25, -0.2) is 0 Å². The maximum atomic E-state index is 13.4. The molecule has 2 rings (SSSR count). The third-order valence-corrected chi connectivity index (χ3v) is 5.79. The Hall–Kier alpha value is -4.25. The van der Waals surface area contributed by atoms with Gasteiger partial charge in [-0.05, 0) is 23.5 Å². The Morgan fingerprint density at radius 3 is 1.64 bits per heavy atom. The number of carboxylic acids is 1. The van der Waals surface area contributed by atoms with Crippen molar-refractivity contribution in [1.29, 1.82) is 0 Å². The van der Waals surface area contributed by atoms with Gasteiger partial charge in [0.25, 0.3) is 0 Å². The minimum absolute atomic E-state index is 0.000617. The van der Waals surface area contributed by atoms with Crippen LogP contribution >= 0.6 is 0 Å². The van der Waals surface area contributed by atoms with Crippen LogP contribution in [0.2, 0.25) is 0 Å². The van der Waals surface area contributed by atoms with Crippen molar-refractivity contribution in [3.05, 3.63) is 71.8 Å². The zero-order valence-corrected chi connectivity index (χ0v) is 22.2. The smallest absolute Gasteiger partial charge is 0.322 e. The van der Waals surface area contributed by atoms with Crippen molar-refractivity contribution in [1.82, 2.24) is 21.3 Å². The normalized spacial score (nSPS) is 13.0. The first kappa shape index (κ1) is 31.0. The van der Waals surface area contributed by atoms with Crippen molar-refractivity contribution < 1.29 is 29.1 Å². The second kappa shape index (κ2) is 15.9. The topological polar surface area (TPSA) is 180 Å². The lowest BCUT2D eigenvalue weighted by atomic mass is 9.99. The van der Waals surface area contributed by atoms with Gasteiger partial charge in [0, 0.05) is 12.8 Å². The fourth-order valence-corrected chi connectivity index (χ4v) is 3.90. The molecule has 0 aliphatic heterocycles. The number of nitrogens with two attached hydrogens (primary N) is 1. The van der Waals surface area contributed by atoms with Crippen LogP contribution in [0.4, 0.5) is 0 Å². The maximum Gasteiger partial charge on any atom is 0.322 e. The molecule has 11 heteroatoms. The van der Waals surface area contributed by atoms with Crippen LogP contribution in [-0.2, 0) is 36.8 Å². The molecule has 2 aromatic carbocycles. The highest BCUT2D eigenvalue weighted by Gasteiger charge is 2.30. The molecule has 4 amide bonds. The van der Waals surface area contributed by atoms with Gasteiger partial charge in [-0.3, -0.25) is 24.0 Å². The lowest BCUT2D eigenvalue weighted by molar-refractivity contribution is -0.138. The van der Waals surface area contributed by atoms with Gasteiger partial charge in [0.2, 0.25) is 23.6 Å². The zero-order valence-electron chi connectivity index (χ0n) is 22.2. The molecule has 11 nitrogen and oxygen atoms in total. The maximum absolute atomic E-state index is 13.4. The van der Waals surface area contributed by atoms with Gasteiger partial charge in [0.05, 0.1) is 6.54 Å². The molecular formula is C28H37N5O6. The molecule has 0 aliphatic rings. The molecule has 0 saturated heterocycles. The van der Waals surface area contributed by atoms with Crippen molar-refractivity contribution >= 4 is 29.6 Å². The summed E-state index contributed by atoms with van der Waals surface area (Å²) >= 11 is 0. The van der Waals surface area contributed by atoms with E-state index in [1.54, 1.807) is 24.3 Å². The predicted molar refractivity (Wildman–Crippen MR) is 145 cm³/mol. The molecule has 0 radical (unpaired) electrons. The van der Waals surface area contributed by atoms with E-state index in [4.69, 9.17) is 10.8 Å². The Bertz CT molecular complexity index is 1110. The SMILES string of the molecule is CC(C)CC(NC(=O)C(Cc1ccccc1)NC(=O)CN)C(=O)NC(Cc1ccccc1)C(=O)NCC(=O)O. The zero-order chi connectivity index (χ0) is 28.8. The minimum Gasteiger partial charge on any atom is -0.480 e. The van der Waals surface area contributed by atoms with Crippen LogP contribution < -0.4 is 27.0 Å². The van der Waals surface area contributed by atoms with Gasteiger partial charge < -0.3 is 32.1 Å². The van der Waals surface area contributed by atoms with E-state index in [0.29, 0.717) is 0 Å². The molecular weight excluding hydrogens is 502 g/mol. The van der Waals surface area contributed by atoms with Gasteiger partial charge in [0.1, 0.15) is 24.7 Å². The molecule has 39 heavy (non-hydrogen) atoms. The fourth-order valence-electron chi connectivity index (χ4n) is 3.90. The molecule has 0 spiro atoms. The first-order valence-electron chi connectivity index (χ1n) is 12.8. The third-order valence-electron chi connectivity index (χ3n) is 5.79. The van der Waals surface area contributed by atoms with Crippen molar-refractivity contribution in [3.63, 3.8) is 0 Å². The van der Waals surface area contributed by atoms with Crippen LogP contribution in [-0.4, -0.2) is 65.9 Å². The molecule has 3 atom stereocenters. The summed E-state index contributed by atoms with van der Waals surface area (Å²) in [5.41, 5.74) is 6.99. The molecule has 210 valence electrons. The second-order valence-electron chi connectivity index (χ2n) is 9.57. The Morgan fingerprint density at radius 1 is 0.718 bits per heavy atom. The van der Waals surface area contributed by atoms with Crippen LogP contribution in [0.1, 0.15) is 31.4 Å². The molecule has 0 fully saturated rings. The van der Waals surface area contributed by atoms with Crippen molar-refractivity contribution in [2.45, 2.75) is 51.2 Å². The van der Waals surface area contributed by atoms with E-state index in [1.807, 2.05) is 50.2 Å². The van der Waals surface area contributed by atoms with Gasteiger partial charge in [-0.1, -0.05) is 74.5 Å². The number of hydrogen-bond acceptors (Lipinski definition) is 6. The average Bonchev–Trinajstić information content (AvgIpc) is 2.91. The summed E-state index contributed by atoms with van der Waals surface area (Å²) in [5, 5.41) is 19.3. The van der Waals surface area contributed by atoms with E-state index in [9.17, 15) is 24.0 Å². The summed E-state index contributed by atoms with van der Waals surface area (Å²) in [6.45, 7) is 2.85. The summed E-state index contributed by atoms with van der Waals surface area (Å²) < 4.78 is 0. The largest absolute Gasteiger partial charge is 0.480 e. The highest BCUT2D eigenvalue weighted by atomic mass is 16.4. The van der Waals surface area contributed by atoms with E-state index < -0.39 is 54.3 Å². The number of carbonyl (C=O) groups is 5. The molecule has 0 saturated carbocycles. The third kappa shape index (κ3) is 11.3. The number of rotatable bonds is 15. The standard InChI is InChI=1S/C28H37N5O6/c1-18(2)13-21(32-28(39)23(31-24(34)16-29)15-20-11-7-4-8-12-20)27(38)33-22(26(37)30-17-25(35)36)14-19-9-5-3-6-10-19/h3-12,18,21-23H,13-17,29H2,1-2H3,(H,30,37)(H,31,34)(H,32,39)(H,33,38)(H,35,36). The molecule has 0 heterocycles. The van der Waals surface area contributed by atoms with Crippen LogP contribution in [0.25, 0.3) is 0 Å². The van der Waals surface area contributed by atoms with Crippen molar-refractivity contribution in [2.24, 2.45) is 11.7 Å². The van der Waals surface area contributed by atoms with Crippen molar-refractivity contribution in [2.75, 3.05) is 13.1 Å². The molecule has 0 bridgehead atoms. The Morgan fingerprint density at radius 2 is 1.18 bits per heavy atom. The first-order chi connectivity index (χ1) is 18.6. The fraction of sp³-hybridized carbons (Fsp3) is 0.393. The van der Waals surface area contributed by atoms with E-state index in [-0.39, 0.29) is 31.7 Å². The van der Waals surface area contributed by atoms with Crippen LogP contribution in [0.3, 0.4) is 0 Å². The Balaban J connectivity index is 2.23. The van der Waals surface area contributed by atoms with Crippen LogP contribution in [0.5, 0.6) is 0 Å². The summed E-state index contributed by atoms with van der Waals surface area (Å²) in [5.74, 6) is -3.58. The van der Waals surface area contributed by atoms with Gasteiger partial charge >= 0.3 is 5.97 Å². The van der Waals surface area contributed by atoms with Gasteiger partial charge in [-0.2, -0.15) is 0 Å². The number of amides is 4. The first-order valence-corrected chi connectivity index (χ1v) is 12.8. The van der Waals surface area contributed by atoms with E-state index in [1.165, 1.54) is 0 Å². The summed E-state index contributed by atoms with van der Waals surface area (Å²) in [4.78, 5) is 62.5. The number of carboxylic acid groups (broad SMARTS) is 1. The molecule has 7 N–H and O–H groups in total. The molecule has 3 unspecified atom stereocenters. The number of carbonyl (C=O) groups excluding carboxylic acids is 4. The highest BCUT2D eigenvalue weighted by Crippen LogP contribution is 2.10. The highest BCUT2D eigenvalue weighted by molar-refractivity contribution is 5.95. The van der Waals surface area contributed by atoms with E-state index in [0.717, 1.165) is 11.1 Å². The number of nitrogens with one attached hydrogen (secondary N) is 4. The van der Waals surface area contributed by atoms with E-state index in [2.05, 4.69) is 21.3 Å². The lowest BCUT2D eigenvalue weighted by Gasteiger charge is -2.26. The van der Waals surface area contributed by atoms with Crippen LogP contribution in [0.15, 0.2) is 60.7 Å². The summed E-state index contributed by atoms with van der Waals surface area (Å²) in [7, 11) is 0. The number of hydrogen-bond donors (Lipinski definition) is 6. The van der Waals surface area contributed by atoms with Crippen LogP contribution in [0, 0.1) is 5.92 Å². The second-order valence-corrected chi connectivity index (χ2v) is 9.57. The molecule has 0 aromatic heterocycles. The lowest BCUT2D eigenvalue weighted by Crippen LogP contribution is -2.58. The number of benzene rings is 2. The minimum atomic E-state index is -1.22. The Kier molecular flexibility index (Phi) is 12.6. The summed E-state index contributed by atoms with van der Waals surface area (Å²) in [6.07, 6.45) is 0.557. The molecule has 2 aromatic rings. The van der Waals surface area contributed by atoms with Crippen molar-refractivity contribution in [3.8, 4) is 0 Å². The van der Waals surface area contributed by atoms with E-state index >= 15 is 0 Å². The Labute approximate surface area is 227 Å². The quantitative estimate of drug-likeness (QED) is 0.186. The average molecular weight is 540 g/mol. The monoisotopic (exact) mass is 539 g/mol.